The Labute approximate surface area is 197 Å². The van der Waals surface area contributed by atoms with E-state index in [1.807, 2.05) is 6.07 Å². The van der Waals surface area contributed by atoms with Crippen molar-refractivity contribution < 1.29 is 23.9 Å². The Morgan fingerprint density at radius 2 is 1.30 bits per heavy atom. The van der Waals surface area contributed by atoms with E-state index in [0.29, 0.717) is 15.7 Å². The van der Waals surface area contributed by atoms with E-state index in [2.05, 4.69) is 15.9 Å². The molecule has 0 unspecified atom stereocenters. The Hall–Kier alpha value is -3.42. The second-order valence-corrected chi connectivity index (χ2v) is 9.21. The maximum atomic E-state index is 13.8. The molecule has 0 saturated carbocycles. The lowest BCUT2D eigenvalue weighted by Crippen LogP contribution is -2.51. The van der Waals surface area contributed by atoms with Gasteiger partial charge in [0.25, 0.3) is 0 Å². The van der Waals surface area contributed by atoms with Crippen LogP contribution in [0.1, 0.15) is 32.4 Å². The van der Waals surface area contributed by atoms with Gasteiger partial charge in [-0.1, -0.05) is 66.7 Å². The summed E-state index contributed by atoms with van der Waals surface area (Å²) in [6.07, 6.45) is -0.914. The molecule has 162 valence electrons. The van der Waals surface area contributed by atoms with Gasteiger partial charge in [-0.25, -0.2) is 4.90 Å². The summed E-state index contributed by atoms with van der Waals surface area (Å²) in [5.74, 6) is -4.48. The van der Waals surface area contributed by atoms with E-state index < -0.39 is 46.9 Å². The number of Topliss-reactive ketones (excluding diaryl/α,β-unsaturated/α-hetero) is 2. The van der Waals surface area contributed by atoms with Crippen molar-refractivity contribution in [3.8, 4) is 0 Å². The van der Waals surface area contributed by atoms with Crippen molar-refractivity contribution in [3.05, 3.63) is 100 Å². The third kappa shape index (κ3) is 2.52. The van der Waals surface area contributed by atoms with Crippen molar-refractivity contribution >= 4 is 45.0 Å². The normalized spacial score (nSPS) is 25.1. The summed E-state index contributed by atoms with van der Waals surface area (Å²) in [7, 11) is 0. The highest BCUT2D eigenvalue weighted by molar-refractivity contribution is 9.10. The third-order valence-electron chi connectivity index (χ3n) is 6.74. The summed E-state index contributed by atoms with van der Waals surface area (Å²) >= 11 is 3.41. The van der Waals surface area contributed by atoms with E-state index in [-0.39, 0.29) is 11.1 Å². The summed E-state index contributed by atoms with van der Waals surface area (Å²) in [4.78, 5) is 56.0. The smallest absolute Gasteiger partial charge is 0.241 e. The number of halogens is 1. The number of nitrogens with zero attached hydrogens (tertiary/aromatic N) is 1. The van der Waals surface area contributed by atoms with Crippen LogP contribution in [0.4, 0.5) is 5.69 Å². The molecule has 3 aromatic rings. The number of para-hydroxylation sites is 1. The standard InChI is InChI=1S/C26H16BrNO5/c27-17-12-6-7-13-18(17)28-24(31)19-20(25(28)32)26(33-21(19)14-8-2-1-3-9-14)22(29)15-10-4-5-11-16(15)23(26)30/h1-13,19-21H/t19-,20+,21+/m1/s1. The lowest BCUT2D eigenvalue weighted by molar-refractivity contribution is -0.127. The minimum absolute atomic E-state index is 0.217. The highest BCUT2D eigenvalue weighted by atomic mass is 79.9. The molecule has 3 aliphatic rings. The SMILES string of the molecule is O=C1[C@@H]2[C@@H](C(=O)N1c1ccccc1Br)C1(O[C@H]2c2ccccc2)C(=O)c2ccccc2C1=O. The van der Waals surface area contributed by atoms with Crippen LogP contribution in [0, 0.1) is 11.8 Å². The number of ketones is 2. The first kappa shape index (κ1) is 20.2. The lowest BCUT2D eigenvalue weighted by atomic mass is 9.77. The van der Waals surface area contributed by atoms with Gasteiger partial charge in [0.05, 0.1) is 23.6 Å². The number of amides is 2. The molecule has 0 radical (unpaired) electrons. The number of hydrogen-bond acceptors (Lipinski definition) is 5. The first-order valence-electron chi connectivity index (χ1n) is 10.5. The molecule has 1 spiro atoms. The quantitative estimate of drug-likeness (QED) is 0.389. The number of hydrogen-bond donors (Lipinski definition) is 0. The van der Waals surface area contributed by atoms with Crippen LogP contribution in [-0.4, -0.2) is 29.0 Å². The van der Waals surface area contributed by atoms with E-state index in [0.717, 1.165) is 4.90 Å². The van der Waals surface area contributed by atoms with Crippen LogP contribution in [0.25, 0.3) is 0 Å². The number of rotatable bonds is 2. The van der Waals surface area contributed by atoms with Crippen LogP contribution in [-0.2, 0) is 14.3 Å². The number of ether oxygens (including phenoxy) is 1. The van der Waals surface area contributed by atoms with E-state index >= 15 is 0 Å². The van der Waals surface area contributed by atoms with Crippen molar-refractivity contribution in [2.45, 2.75) is 11.7 Å². The Morgan fingerprint density at radius 3 is 1.94 bits per heavy atom. The zero-order chi connectivity index (χ0) is 22.9. The van der Waals surface area contributed by atoms with Crippen LogP contribution in [0.5, 0.6) is 0 Å². The highest BCUT2D eigenvalue weighted by Crippen LogP contribution is 2.58. The molecule has 0 aromatic heterocycles. The average Bonchev–Trinajstić information content (AvgIpc) is 3.40. The maximum absolute atomic E-state index is 13.8. The Kier molecular flexibility index (Phi) is 4.31. The van der Waals surface area contributed by atoms with Crippen LogP contribution in [0.15, 0.2) is 83.3 Å². The Bertz CT molecular complexity index is 1330. The molecular weight excluding hydrogens is 486 g/mol. The first-order valence-corrected chi connectivity index (χ1v) is 11.3. The van der Waals surface area contributed by atoms with Crippen LogP contribution in [0.2, 0.25) is 0 Å². The van der Waals surface area contributed by atoms with E-state index in [9.17, 15) is 19.2 Å². The molecule has 2 saturated heterocycles. The molecule has 1 aliphatic carbocycles. The summed E-state index contributed by atoms with van der Waals surface area (Å²) in [5.41, 5.74) is -0.614. The van der Waals surface area contributed by atoms with Gasteiger partial charge in [0, 0.05) is 15.6 Å². The fourth-order valence-corrected chi connectivity index (χ4v) is 5.79. The maximum Gasteiger partial charge on any atom is 0.241 e. The third-order valence-corrected chi connectivity index (χ3v) is 7.41. The minimum atomic E-state index is -2.06. The molecule has 2 heterocycles. The van der Waals surface area contributed by atoms with Crippen molar-refractivity contribution in [2.75, 3.05) is 4.90 Å². The summed E-state index contributed by atoms with van der Waals surface area (Å²) in [5, 5.41) is 0. The number of carbonyl (C=O) groups excluding carboxylic acids is 4. The highest BCUT2D eigenvalue weighted by Gasteiger charge is 2.74. The second-order valence-electron chi connectivity index (χ2n) is 8.36. The predicted octanol–water partition coefficient (Wildman–Crippen LogP) is 4.14. The predicted molar refractivity (Wildman–Crippen MR) is 122 cm³/mol. The fraction of sp³-hybridized carbons (Fsp3) is 0.154. The van der Waals surface area contributed by atoms with Crippen molar-refractivity contribution in [3.63, 3.8) is 0 Å². The van der Waals surface area contributed by atoms with Crippen molar-refractivity contribution in [1.82, 2.24) is 0 Å². The summed E-state index contributed by atoms with van der Waals surface area (Å²) in [6, 6.07) is 22.3. The average molecular weight is 502 g/mol. The molecule has 6 nitrogen and oxygen atoms in total. The lowest BCUT2D eigenvalue weighted by Gasteiger charge is -2.27. The van der Waals surface area contributed by atoms with Gasteiger partial charge < -0.3 is 4.74 Å². The molecule has 2 fully saturated rings. The summed E-state index contributed by atoms with van der Waals surface area (Å²) in [6.45, 7) is 0. The number of fused-ring (bicyclic) bond motifs is 3. The van der Waals surface area contributed by atoms with Gasteiger partial charge >= 0.3 is 0 Å². The van der Waals surface area contributed by atoms with Gasteiger partial charge in [0.15, 0.2) is 0 Å². The zero-order valence-corrected chi connectivity index (χ0v) is 18.7. The largest absolute Gasteiger partial charge is 0.349 e. The van der Waals surface area contributed by atoms with Gasteiger partial charge in [-0.2, -0.15) is 0 Å². The van der Waals surface area contributed by atoms with Crippen LogP contribution < -0.4 is 4.90 Å². The second kappa shape index (κ2) is 7.04. The van der Waals surface area contributed by atoms with Gasteiger partial charge in [0.2, 0.25) is 29.0 Å². The minimum Gasteiger partial charge on any atom is -0.349 e. The Morgan fingerprint density at radius 1 is 0.727 bits per heavy atom. The molecule has 6 rings (SSSR count). The zero-order valence-electron chi connectivity index (χ0n) is 17.1. The molecule has 2 aliphatic heterocycles. The number of anilines is 1. The number of benzene rings is 3. The summed E-state index contributed by atoms with van der Waals surface area (Å²) < 4.78 is 6.81. The monoisotopic (exact) mass is 501 g/mol. The van der Waals surface area contributed by atoms with E-state index in [1.165, 1.54) is 0 Å². The van der Waals surface area contributed by atoms with Crippen LogP contribution in [0.3, 0.4) is 0 Å². The molecule has 2 amide bonds. The van der Waals surface area contributed by atoms with Crippen LogP contribution >= 0.6 is 15.9 Å². The molecule has 3 aromatic carbocycles. The van der Waals surface area contributed by atoms with Crippen molar-refractivity contribution in [2.24, 2.45) is 11.8 Å². The van der Waals surface area contributed by atoms with Gasteiger partial charge in [-0.3, -0.25) is 19.2 Å². The molecule has 7 heteroatoms. The fourth-order valence-electron chi connectivity index (χ4n) is 5.33. The van der Waals surface area contributed by atoms with E-state index in [4.69, 9.17) is 4.74 Å². The molecular formula is C26H16BrNO5. The van der Waals surface area contributed by atoms with E-state index in [1.54, 1.807) is 72.8 Å². The molecule has 3 atom stereocenters. The topological polar surface area (TPSA) is 80.8 Å². The Balaban J connectivity index is 1.57. The van der Waals surface area contributed by atoms with Gasteiger partial charge in [0.1, 0.15) is 0 Å². The van der Waals surface area contributed by atoms with Gasteiger partial charge in [-0.15, -0.1) is 0 Å². The van der Waals surface area contributed by atoms with Gasteiger partial charge in [-0.05, 0) is 33.6 Å². The molecule has 33 heavy (non-hydrogen) atoms. The molecule has 0 N–H and O–H groups in total. The van der Waals surface area contributed by atoms with Crippen molar-refractivity contribution in [1.29, 1.82) is 0 Å². The first-order chi connectivity index (χ1) is 16.0. The number of carbonyl (C=O) groups is 4. The number of imide groups is 1. The molecule has 0 bridgehead atoms.